The number of halogens is 1. The number of benzene rings is 1. The van der Waals surface area contributed by atoms with Gasteiger partial charge in [-0.1, -0.05) is 51.1 Å². The second-order valence-corrected chi connectivity index (χ2v) is 7.52. The van der Waals surface area contributed by atoms with E-state index >= 15 is 0 Å². The van der Waals surface area contributed by atoms with Gasteiger partial charge in [-0.2, -0.15) is 0 Å². The molecule has 1 aliphatic rings. The average molecular weight is 366 g/mol. The second kappa shape index (κ2) is 6.82. The van der Waals surface area contributed by atoms with Crippen LogP contribution in [0.4, 0.5) is 0 Å². The van der Waals surface area contributed by atoms with Crippen molar-refractivity contribution in [2.75, 3.05) is 0 Å². The molecule has 4 nitrogen and oxygen atoms in total. The van der Waals surface area contributed by atoms with E-state index in [0.29, 0.717) is 16.3 Å². The van der Waals surface area contributed by atoms with Gasteiger partial charge in [-0.25, -0.2) is 4.98 Å². The van der Waals surface area contributed by atoms with Gasteiger partial charge in [0.2, 0.25) is 4.77 Å². The van der Waals surface area contributed by atoms with Gasteiger partial charge in [-0.3, -0.25) is 9.78 Å². The zero-order valence-electron chi connectivity index (χ0n) is 13.2. The molecule has 0 amide bonds. The Labute approximate surface area is 153 Å². The standard InChI is InChI=1S/C17H20ClN3OS.CH4/c1-16(2)8-7-13(9-12-3-5-14(18)6-4-12)17(16,22)10-21-15(23)19-11-20-21;/h3-6,9,11,22H,7-8,10H2,1-2H3,(H,19,20,23);1H4/b13-9-;. The first kappa shape index (κ1) is 18.9. The summed E-state index contributed by atoms with van der Waals surface area (Å²) in [7, 11) is 0. The maximum Gasteiger partial charge on any atom is 0.215 e. The molecule has 1 atom stereocenters. The Morgan fingerprint density at radius 1 is 1.38 bits per heavy atom. The molecule has 1 aromatic carbocycles. The highest BCUT2D eigenvalue weighted by molar-refractivity contribution is 7.71. The Morgan fingerprint density at radius 2 is 2.04 bits per heavy atom. The number of aliphatic hydroxyl groups is 1. The maximum atomic E-state index is 11.5. The molecule has 0 saturated heterocycles. The van der Waals surface area contributed by atoms with Crippen molar-refractivity contribution in [3.63, 3.8) is 0 Å². The van der Waals surface area contributed by atoms with E-state index < -0.39 is 5.60 Å². The van der Waals surface area contributed by atoms with Crippen LogP contribution in [0.15, 0.2) is 36.2 Å². The summed E-state index contributed by atoms with van der Waals surface area (Å²) in [5.41, 5.74) is 0.831. The van der Waals surface area contributed by atoms with Crippen molar-refractivity contribution in [2.45, 2.75) is 46.3 Å². The van der Waals surface area contributed by atoms with Gasteiger partial charge in [0, 0.05) is 5.02 Å². The lowest BCUT2D eigenvalue weighted by Gasteiger charge is -2.37. The molecule has 1 aromatic heterocycles. The molecule has 1 unspecified atom stereocenters. The van der Waals surface area contributed by atoms with Crippen LogP contribution in [0.5, 0.6) is 0 Å². The lowest BCUT2D eigenvalue weighted by Crippen LogP contribution is -2.45. The van der Waals surface area contributed by atoms with Gasteiger partial charge in [-0.05, 0) is 53.7 Å². The number of hydrogen-bond acceptors (Lipinski definition) is 3. The Morgan fingerprint density at radius 3 is 2.62 bits per heavy atom. The fourth-order valence-corrected chi connectivity index (χ4v) is 3.48. The van der Waals surface area contributed by atoms with Crippen LogP contribution in [0.3, 0.4) is 0 Å². The van der Waals surface area contributed by atoms with E-state index in [1.807, 2.05) is 24.3 Å². The number of nitrogens with zero attached hydrogens (tertiary/aromatic N) is 2. The van der Waals surface area contributed by atoms with Crippen LogP contribution in [0.2, 0.25) is 5.02 Å². The third kappa shape index (κ3) is 3.34. The molecule has 1 aliphatic carbocycles. The predicted octanol–water partition coefficient (Wildman–Crippen LogP) is 4.86. The van der Waals surface area contributed by atoms with E-state index in [9.17, 15) is 5.11 Å². The van der Waals surface area contributed by atoms with E-state index in [1.165, 1.54) is 0 Å². The molecule has 1 saturated carbocycles. The SMILES string of the molecule is C.CC1(C)CC/C(=C/c2ccc(Cl)cc2)C1(O)Cn1[nH]cnc1=S. The summed E-state index contributed by atoms with van der Waals surface area (Å²) in [6, 6.07) is 7.64. The van der Waals surface area contributed by atoms with E-state index in [0.717, 1.165) is 24.0 Å². The van der Waals surface area contributed by atoms with Crippen molar-refractivity contribution in [3.05, 3.63) is 51.5 Å². The van der Waals surface area contributed by atoms with Gasteiger partial charge in [0.05, 0.1) is 6.54 Å². The summed E-state index contributed by atoms with van der Waals surface area (Å²) in [5, 5.41) is 15.2. The number of aromatic nitrogens is 3. The third-order valence-electron chi connectivity index (χ3n) is 4.89. The average Bonchev–Trinajstić information content (AvgIpc) is 2.98. The molecule has 2 N–H and O–H groups in total. The van der Waals surface area contributed by atoms with Crippen molar-refractivity contribution in [1.82, 2.24) is 14.8 Å². The number of aromatic amines is 1. The van der Waals surface area contributed by atoms with Crippen LogP contribution >= 0.6 is 23.8 Å². The van der Waals surface area contributed by atoms with Crippen molar-refractivity contribution in [3.8, 4) is 0 Å². The van der Waals surface area contributed by atoms with Crippen molar-refractivity contribution >= 4 is 29.9 Å². The normalized spacial score (nSPS) is 24.1. The van der Waals surface area contributed by atoms with Crippen molar-refractivity contribution in [2.24, 2.45) is 5.41 Å². The highest BCUT2D eigenvalue weighted by Gasteiger charge is 2.51. The number of rotatable bonds is 3. The summed E-state index contributed by atoms with van der Waals surface area (Å²) in [6.45, 7) is 4.56. The highest BCUT2D eigenvalue weighted by Crippen LogP contribution is 2.50. The molecule has 130 valence electrons. The van der Waals surface area contributed by atoms with Crippen LogP contribution in [-0.2, 0) is 6.54 Å². The second-order valence-electron chi connectivity index (χ2n) is 6.72. The monoisotopic (exact) mass is 365 g/mol. The fraction of sp³-hybridized carbons (Fsp3) is 0.444. The smallest absolute Gasteiger partial charge is 0.215 e. The minimum atomic E-state index is -0.975. The lowest BCUT2D eigenvalue weighted by atomic mass is 9.76. The molecular weight excluding hydrogens is 342 g/mol. The molecule has 0 bridgehead atoms. The van der Waals surface area contributed by atoms with Crippen LogP contribution in [0.1, 0.15) is 39.7 Å². The molecule has 6 heteroatoms. The van der Waals surface area contributed by atoms with Crippen molar-refractivity contribution < 1.29 is 5.11 Å². The first-order valence-electron chi connectivity index (χ1n) is 7.61. The van der Waals surface area contributed by atoms with Crippen LogP contribution < -0.4 is 0 Å². The van der Waals surface area contributed by atoms with Crippen molar-refractivity contribution in [1.29, 1.82) is 0 Å². The topological polar surface area (TPSA) is 53.8 Å². The number of H-pyrrole nitrogens is 1. The van der Waals surface area contributed by atoms with E-state index in [2.05, 4.69) is 30.0 Å². The molecule has 0 spiro atoms. The Balaban J connectivity index is 0.00000208. The van der Waals surface area contributed by atoms with Crippen LogP contribution in [0.25, 0.3) is 6.08 Å². The molecule has 1 fully saturated rings. The Kier molecular flexibility index (Phi) is 5.37. The molecule has 0 aliphatic heterocycles. The summed E-state index contributed by atoms with van der Waals surface area (Å²) < 4.78 is 2.17. The summed E-state index contributed by atoms with van der Waals surface area (Å²) in [6.07, 6.45) is 5.39. The minimum Gasteiger partial charge on any atom is -0.383 e. The summed E-state index contributed by atoms with van der Waals surface area (Å²) in [5.74, 6) is 0. The Hall–Kier alpha value is -1.43. The van der Waals surface area contributed by atoms with Crippen LogP contribution in [-0.4, -0.2) is 25.5 Å². The first-order valence-corrected chi connectivity index (χ1v) is 8.40. The molecule has 2 aromatic rings. The molecule has 3 rings (SSSR count). The van der Waals surface area contributed by atoms with E-state index in [1.54, 1.807) is 11.0 Å². The maximum absolute atomic E-state index is 11.5. The number of nitrogens with one attached hydrogen (secondary N) is 1. The first-order chi connectivity index (χ1) is 10.8. The predicted molar refractivity (Wildman–Crippen MR) is 102 cm³/mol. The minimum absolute atomic E-state index is 0. The fourth-order valence-electron chi connectivity index (χ4n) is 3.18. The summed E-state index contributed by atoms with van der Waals surface area (Å²) >= 11 is 11.1. The number of hydrogen-bond donors (Lipinski definition) is 2. The van der Waals surface area contributed by atoms with E-state index in [-0.39, 0.29) is 12.8 Å². The van der Waals surface area contributed by atoms with Gasteiger partial charge in [0.15, 0.2) is 0 Å². The van der Waals surface area contributed by atoms with Gasteiger partial charge >= 0.3 is 0 Å². The summed E-state index contributed by atoms with van der Waals surface area (Å²) in [4.78, 5) is 4.03. The zero-order valence-corrected chi connectivity index (χ0v) is 14.8. The van der Waals surface area contributed by atoms with Gasteiger partial charge in [0.25, 0.3) is 0 Å². The van der Waals surface area contributed by atoms with Gasteiger partial charge in [-0.15, -0.1) is 0 Å². The lowest BCUT2D eigenvalue weighted by molar-refractivity contribution is -0.0301. The van der Waals surface area contributed by atoms with Gasteiger partial charge < -0.3 is 5.11 Å². The molecule has 1 heterocycles. The Bertz CT molecular complexity index is 791. The zero-order chi connectivity index (χ0) is 16.7. The van der Waals surface area contributed by atoms with Crippen LogP contribution in [0, 0.1) is 10.2 Å². The van der Waals surface area contributed by atoms with Gasteiger partial charge in [0.1, 0.15) is 11.9 Å². The third-order valence-corrected chi connectivity index (χ3v) is 5.47. The largest absolute Gasteiger partial charge is 0.383 e. The molecule has 0 radical (unpaired) electrons. The molecule has 24 heavy (non-hydrogen) atoms. The highest BCUT2D eigenvalue weighted by atomic mass is 35.5. The molecular formula is C18H24ClN3OS. The van der Waals surface area contributed by atoms with E-state index in [4.69, 9.17) is 23.8 Å². The quantitative estimate of drug-likeness (QED) is 0.763.